The highest BCUT2D eigenvalue weighted by atomic mass is 16.4. The fraction of sp³-hybridized carbons (Fsp3) is 0.160. The van der Waals surface area contributed by atoms with Gasteiger partial charge in [-0.05, 0) is 69.2 Å². The van der Waals surface area contributed by atoms with Gasteiger partial charge in [-0.3, -0.25) is 4.79 Å². The Kier molecular flexibility index (Phi) is 6.07. The summed E-state index contributed by atoms with van der Waals surface area (Å²) >= 11 is 0. The summed E-state index contributed by atoms with van der Waals surface area (Å²) in [6, 6.07) is 16.2. The molecule has 3 rings (SSSR count). The van der Waals surface area contributed by atoms with Crippen LogP contribution in [0.5, 0.6) is 0 Å². The van der Waals surface area contributed by atoms with Crippen LogP contribution in [0.2, 0.25) is 0 Å². The van der Waals surface area contributed by atoms with E-state index in [2.05, 4.69) is 5.32 Å². The van der Waals surface area contributed by atoms with Crippen LogP contribution in [0.4, 0.5) is 5.69 Å². The second kappa shape index (κ2) is 8.72. The van der Waals surface area contributed by atoms with Crippen molar-refractivity contribution in [1.29, 1.82) is 5.26 Å². The molecular weight excluding hydrogens is 390 g/mol. The number of rotatable bonds is 5. The molecule has 2 N–H and O–H groups in total. The average molecular weight is 413 g/mol. The zero-order valence-corrected chi connectivity index (χ0v) is 17.9. The van der Waals surface area contributed by atoms with Gasteiger partial charge in [-0.25, -0.2) is 4.79 Å². The fourth-order valence-electron chi connectivity index (χ4n) is 3.60. The number of amides is 1. The minimum Gasteiger partial charge on any atom is -0.478 e. The number of hydrogen-bond acceptors (Lipinski definition) is 3. The van der Waals surface area contributed by atoms with Crippen LogP contribution >= 0.6 is 0 Å². The van der Waals surface area contributed by atoms with Crippen molar-refractivity contribution in [2.75, 3.05) is 5.32 Å². The van der Waals surface area contributed by atoms with Gasteiger partial charge in [0.15, 0.2) is 0 Å². The quantitative estimate of drug-likeness (QED) is 0.457. The Morgan fingerprint density at radius 1 is 1.06 bits per heavy atom. The lowest BCUT2D eigenvalue weighted by molar-refractivity contribution is -0.112. The van der Waals surface area contributed by atoms with Crippen LogP contribution in [0.1, 0.15) is 38.4 Å². The SMILES string of the molecule is Cc1ccc(NC(=O)/C(C#N)=C\c2cc(C)n(-c3ccccc3C(=O)O)c2C)c(C)c1. The number of anilines is 1. The van der Waals surface area contributed by atoms with Crippen LogP contribution < -0.4 is 5.32 Å². The molecule has 0 spiro atoms. The minimum absolute atomic E-state index is 0.0354. The van der Waals surface area contributed by atoms with Gasteiger partial charge in [0.1, 0.15) is 11.6 Å². The monoisotopic (exact) mass is 413 g/mol. The molecule has 0 aliphatic carbocycles. The molecule has 0 aliphatic heterocycles. The highest BCUT2D eigenvalue weighted by molar-refractivity contribution is 6.10. The van der Waals surface area contributed by atoms with Gasteiger partial charge in [0.25, 0.3) is 5.91 Å². The van der Waals surface area contributed by atoms with E-state index < -0.39 is 11.9 Å². The van der Waals surface area contributed by atoms with Gasteiger partial charge in [-0.1, -0.05) is 29.8 Å². The largest absolute Gasteiger partial charge is 0.478 e. The van der Waals surface area contributed by atoms with Crippen molar-refractivity contribution in [1.82, 2.24) is 4.57 Å². The Balaban J connectivity index is 1.99. The topological polar surface area (TPSA) is 95.1 Å². The molecule has 3 aromatic rings. The summed E-state index contributed by atoms with van der Waals surface area (Å²) in [6.45, 7) is 7.54. The van der Waals surface area contributed by atoms with Crippen LogP contribution in [-0.2, 0) is 4.79 Å². The second-order valence-corrected chi connectivity index (χ2v) is 7.43. The maximum absolute atomic E-state index is 12.7. The first-order valence-electron chi connectivity index (χ1n) is 9.75. The number of aromatic nitrogens is 1. The highest BCUT2D eigenvalue weighted by Crippen LogP contribution is 2.25. The lowest BCUT2D eigenvalue weighted by atomic mass is 10.1. The molecule has 156 valence electrons. The number of carboxylic acid groups (broad SMARTS) is 1. The number of para-hydroxylation sites is 1. The molecular formula is C25H23N3O3. The maximum atomic E-state index is 12.7. The molecule has 1 amide bonds. The molecule has 0 saturated carbocycles. The van der Waals surface area contributed by atoms with Gasteiger partial charge in [0.05, 0.1) is 11.3 Å². The zero-order valence-electron chi connectivity index (χ0n) is 17.9. The van der Waals surface area contributed by atoms with E-state index in [1.54, 1.807) is 24.3 Å². The first kappa shape index (κ1) is 21.6. The normalized spacial score (nSPS) is 11.1. The first-order chi connectivity index (χ1) is 14.7. The van der Waals surface area contributed by atoms with Crippen molar-refractivity contribution >= 4 is 23.6 Å². The lowest BCUT2D eigenvalue weighted by Gasteiger charge is -2.12. The van der Waals surface area contributed by atoms with Crippen molar-refractivity contribution in [2.45, 2.75) is 27.7 Å². The Labute approximate surface area is 181 Å². The molecule has 0 unspecified atom stereocenters. The molecule has 1 aromatic heterocycles. The van der Waals surface area contributed by atoms with Gasteiger partial charge in [0.2, 0.25) is 0 Å². The number of carbonyl (C=O) groups excluding carboxylic acids is 1. The zero-order chi connectivity index (χ0) is 22.7. The van der Waals surface area contributed by atoms with Crippen molar-refractivity contribution in [3.63, 3.8) is 0 Å². The standard InChI is InChI=1S/C25H23N3O3/c1-15-9-10-22(16(2)11-15)27-24(29)20(14-26)13-19-12-17(3)28(18(19)4)23-8-6-5-7-21(23)25(30)31/h5-13H,1-4H3,(H,27,29)(H,30,31)/b20-13-. The number of nitriles is 1. The number of hydrogen-bond donors (Lipinski definition) is 2. The summed E-state index contributed by atoms with van der Waals surface area (Å²) in [7, 11) is 0. The lowest BCUT2D eigenvalue weighted by Crippen LogP contribution is -2.14. The maximum Gasteiger partial charge on any atom is 0.337 e. The average Bonchev–Trinajstić information content (AvgIpc) is 3.00. The van der Waals surface area contributed by atoms with E-state index in [0.29, 0.717) is 16.9 Å². The number of nitrogens with zero attached hydrogens (tertiary/aromatic N) is 2. The van der Waals surface area contributed by atoms with Crippen LogP contribution in [0.3, 0.4) is 0 Å². The van der Waals surface area contributed by atoms with Gasteiger partial charge in [-0.2, -0.15) is 5.26 Å². The predicted octanol–water partition coefficient (Wildman–Crippen LogP) is 4.95. The molecule has 6 heteroatoms. The van der Waals surface area contributed by atoms with Gasteiger partial charge >= 0.3 is 5.97 Å². The minimum atomic E-state index is -1.02. The summed E-state index contributed by atoms with van der Waals surface area (Å²) in [5, 5.41) is 21.9. The van der Waals surface area contributed by atoms with E-state index in [9.17, 15) is 20.0 Å². The summed E-state index contributed by atoms with van der Waals surface area (Å²) in [6.07, 6.45) is 1.53. The molecule has 1 heterocycles. The van der Waals surface area contributed by atoms with Gasteiger partial charge in [-0.15, -0.1) is 0 Å². The van der Waals surface area contributed by atoms with E-state index in [-0.39, 0.29) is 11.1 Å². The molecule has 0 aliphatic rings. The third-order valence-electron chi connectivity index (χ3n) is 5.14. The van der Waals surface area contributed by atoms with Crippen LogP contribution in [-0.4, -0.2) is 21.6 Å². The summed E-state index contributed by atoms with van der Waals surface area (Å²) in [5.74, 6) is -1.52. The third kappa shape index (κ3) is 4.41. The Hall–Kier alpha value is -4.11. The van der Waals surface area contributed by atoms with Gasteiger partial charge in [0, 0.05) is 17.1 Å². The molecule has 0 saturated heterocycles. The van der Waals surface area contributed by atoms with Crippen LogP contribution in [0, 0.1) is 39.0 Å². The summed E-state index contributed by atoms with van der Waals surface area (Å²) in [5.41, 5.74) is 5.52. The number of aryl methyl sites for hydroxylation is 3. The molecule has 0 bridgehead atoms. The van der Waals surface area contributed by atoms with Crippen molar-refractivity contribution in [3.8, 4) is 11.8 Å². The fourth-order valence-corrected chi connectivity index (χ4v) is 3.60. The molecule has 0 atom stereocenters. The number of nitrogens with one attached hydrogen (secondary N) is 1. The Bertz CT molecular complexity index is 1260. The van der Waals surface area contributed by atoms with Crippen molar-refractivity contribution in [3.05, 3.63) is 87.7 Å². The number of benzene rings is 2. The molecule has 31 heavy (non-hydrogen) atoms. The Morgan fingerprint density at radius 3 is 2.42 bits per heavy atom. The number of carbonyl (C=O) groups is 2. The highest BCUT2D eigenvalue weighted by Gasteiger charge is 2.17. The van der Waals surface area contributed by atoms with E-state index in [1.165, 1.54) is 6.08 Å². The molecule has 0 fully saturated rings. The first-order valence-corrected chi connectivity index (χ1v) is 9.75. The van der Waals surface area contributed by atoms with E-state index in [1.807, 2.05) is 62.6 Å². The van der Waals surface area contributed by atoms with E-state index in [4.69, 9.17) is 0 Å². The summed E-state index contributed by atoms with van der Waals surface area (Å²) < 4.78 is 1.81. The number of carboxylic acids is 1. The second-order valence-electron chi connectivity index (χ2n) is 7.43. The predicted molar refractivity (Wildman–Crippen MR) is 120 cm³/mol. The molecule has 0 radical (unpaired) electrons. The molecule has 2 aromatic carbocycles. The molecule has 6 nitrogen and oxygen atoms in total. The number of aromatic carboxylic acids is 1. The van der Waals surface area contributed by atoms with Crippen molar-refractivity contribution in [2.24, 2.45) is 0 Å². The van der Waals surface area contributed by atoms with Gasteiger partial charge < -0.3 is 15.0 Å². The van der Waals surface area contributed by atoms with Crippen LogP contribution in [0.15, 0.2) is 54.1 Å². The van der Waals surface area contributed by atoms with Crippen molar-refractivity contribution < 1.29 is 14.7 Å². The third-order valence-corrected chi connectivity index (χ3v) is 5.14. The smallest absolute Gasteiger partial charge is 0.337 e. The van der Waals surface area contributed by atoms with E-state index in [0.717, 1.165) is 22.5 Å². The van der Waals surface area contributed by atoms with Crippen LogP contribution in [0.25, 0.3) is 11.8 Å². The Morgan fingerprint density at radius 2 is 1.77 bits per heavy atom. The summed E-state index contributed by atoms with van der Waals surface area (Å²) in [4.78, 5) is 24.4. The van der Waals surface area contributed by atoms with E-state index >= 15 is 0 Å².